The van der Waals surface area contributed by atoms with Gasteiger partial charge in [-0.3, -0.25) is 0 Å². The summed E-state index contributed by atoms with van der Waals surface area (Å²) in [5.74, 6) is 0.716. The van der Waals surface area contributed by atoms with Gasteiger partial charge < -0.3 is 9.19 Å². The Morgan fingerprint density at radius 2 is 1.79 bits per heavy atom. The van der Waals surface area contributed by atoms with Crippen LogP contribution in [0.4, 0.5) is 10.2 Å². The summed E-state index contributed by atoms with van der Waals surface area (Å²) in [7, 11) is 1.82. The fourth-order valence-electron chi connectivity index (χ4n) is 3.34. The van der Waals surface area contributed by atoms with E-state index in [1.54, 1.807) is 22.9 Å². The number of fused-ring (bicyclic) bond motifs is 1. The van der Waals surface area contributed by atoms with Crippen molar-refractivity contribution >= 4 is 35.2 Å². The number of hydrogen-bond donors (Lipinski definition) is 0. The zero-order valence-corrected chi connectivity index (χ0v) is 17.5. The number of rotatable bonds is 4. The van der Waals surface area contributed by atoms with Gasteiger partial charge in [0.15, 0.2) is 12.2 Å². The highest BCUT2D eigenvalue weighted by molar-refractivity contribution is 8.15. The number of para-hydroxylation sites is 1. The second kappa shape index (κ2) is 7.24. The molecule has 0 saturated carbocycles. The van der Waals surface area contributed by atoms with E-state index in [0.717, 1.165) is 16.7 Å². The number of halogens is 1. The minimum atomic E-state index is -2.69. The summed E-state index contributed by atoms with van der Waals surface area (Å²) in [6.45, 7) is 4.27. The monoisotopic (exact) mass is 414 g/mol. The van der Waals surface area contributed by atoms with Crippen LogP contribution in [0.25, 0.3) is 5.69 Å². The van der Waals surface area contributed by atoms with E-state index < -0.39 is 6.42 Å². The summed E-state index contributed by atoms with van der Waals surface area (Å²) in [6, 6.07) is 16.3. The molecular formula is C20H20FN4OPS. The van der Waals surface area contributed by atoms with Crippen LogP contribution in [0, 0.1) is 12.7 Å². The lowest BCUT2D eigenvalue weighted by molar-refractivity contribution is 0.362. The summed E-state index contributed by atoms with van der Waals surface area (Å²) >= 11 is 6.06. The molecule has 0 amide bonds. The highest BCUT2D eigenvalue weighted by Crippen LogP contribution is 2.55. The highest BCUT2D eigenvalue weighted by atomic mass is 32.4. The number of aliphatic imine (C=N–C) groups is 1. The number of benzene rings is 2. The van der Waals surface area contributed by atoms with Gasteiger partial charge in [-0.05, 0) is 49.9 Å². The molecule has 28 heavy (non-hydrogen) atoms. The fraction of sp³-hybridized carbons (Fsp3) is 0.200. The van der Waals surface area contributed by atoms with Crippen molar-refractivity contribution in [1.29, 1.82) is 0 Å². The van der Waals surface area contributed by atoms with Gasteiger partial charge in [-0.25, -0.2) is 14.1 Å². The molecule has 0 radical (unpaired) electrons. The maximum atomic E-state index is 14.6. The molecule has 4 rings (SSSR count). The predicted octanol–water partition coefficient (Wildman–Crippen LogP) is 4.31. The zero-order chi connectivity index (χ0) is 19.9. The Kier molecular flexibility index (Phi) is 4.91. The van der Waals surface area contributed by atoms with E-state index in [9.17, 15) is 4.39 Å². The van der Waals surface area contributed by atoms with E-state index in [1.165, 1.54) is 6.07 Å². The van der Waals surface area contributed by atoms with Gasteiger partial charge in [0.1, 0.15) is 11.7 Å². The molecule has 1 atom stereocenters. The maximum absolute atomic E-state index is 14.6. The average molecular weight is 414 g/mol. The van der Waals surface area contributed by atoms with E-state index in [1.807, 2.05) is 55.9 Å². The first-order valence-electron chi connectivity index (χ1n) is 8.95. The summed E-state index contributed by atoms with van der Waals surface area (Å²) in [5.41, 5.74) is 2.04. The van der Waals surface area contributed by atoms with Crippen LogP contribution in [0.1, 0.15) is 18.2 Å². The summed E-state index contributed by atoms with van der Waals surface area (Å²) in [4.78, 5) is 4.82. The van der Waals surface area contributed by atoms with Gasteiger partial charge in [0, 0.05) is 7.05 Å². The Bertz CT molecular complexity index is 1110. The Balaban J connectivity index is 2.03. The third kappa shape index (κ3) is 2.91. The molecule has 2 aromatic carbocycles. The number of aryl methyl sites for hydroxylation is 1. The van der Waals surface area contributed by atoms with E-state index in [0.29, 0.717) is 23.8 Å². The highest BCUT2D eigenvalue weighted by Gasteiger charge is 2.40. The van der Waals surface area contributed by atoms with Crippen molar-refractivity contribution in [2.24, 2.45) is 4.99 Å². The Labute approximate surface area is 168 Å². The van der Waals surface area contributed by atoms with Crippen molar-refractivity contribution < 1.29 is 8.91 Å². The van der Waals surface area contributed by atoms with Crippen LogP contribution in [-0.2, 0) is 16.3 Å². The molecule has 1 aliphatic heterocycles. The Hall–Kier alpha value is -2.34. The van der Waals surface area contributed by atoms with Gasteiger partial charge in [-0.15, -0.1) is 0 Å². The summed E-state index contributed by atoms with van der Waals surface area (Å²) < 4.78 is 24.3. The standard InChI is InChI=1S/C20H20FN4OPS/c1-4-26-27(28)18-14(2)23-25(15-10-6-5-7-11-15)20(18)22-19(24(27)3)16-12-8-9-13-17(16)21/h5-13H,4H2,1-3H3/t27-/m0/s1. The topological polar surface area (TPSA) is 42.6 Å². The first-order valence-corrected chi connectivity index (χ1v) is 11.6. The first kappa shape index (κ1) is 19.0. The lowest BCUT2D eigenvalue weighted by Gasteiger charge is -2.36. The second-order valence-corrected chi connectivity index (χ2v) is 10.2. The van der Waals surface area contributed by atoms with Crippen LogP contribution >= 0.6 is 6.42 Å². The van der Waals surface area contributed by atoms with E-state index in [2.05, 4.69) is 0 Å². The molecule has 0 N–H and O–H groups in total. The fourth-order valence-corrected chi connectivity index (χ4v) is 6.73. The minimum absolute atomic E-state index is 0.350. The first-order chi connectivity index (χ1) is 13.5. The van der Waals surface area contributed by atoms with Crippen LogP contribution < -0.4 is 5.30 Å². The smallest absolute Gasteiger partial charge is 0.192 e. The predicted molar refractivity (Wildman–Crippen MR) is 114 cm³/mol. The average Bonchev–Trinajstić information content (AvgIpc) is 3.03. The minimum Gasteiger partial charge on any atom is -0.331 e. The van der Waals surface area contributed by atoms with Crippen LogP contribution in [0.15, 0.2) is 59.6 Å². The van der Waals surface area contributed by atoms with Gasteiger partial charge in [0.25, 0.3) is 0 Å². The molecule has 2 heterocycles. The second-order valence-electron chi connectivity index (χ2n) is 6.38. The normalized spacial score (nSPS) is 18.7. The SMILES string of the molecule is CCO[P@]1(=S)c2c(C)nn(-c3ccccc3)c2N=C(c2ccccc2F)N1C. The molecule has 0 fully saturated rings. The maximum Gasteiger partial charge on any atom is 0.192 e. The Morgan fingerprint density at radius 3 is 2.46 bits per heavy atom. The lowest BCUT2D eigenvalue weighted by atomic mass is 10.2. The molecule has 0 unspecified atom stereocenters. The molecule has 0 saturated heterocycles. The van der Waals surface area contributed by atoms with Crippen molar-refractivity contribution in [3.8, 4) is 5.69 Å². The number of aromatic nitrogens is 2. The van der Waals surface area contributed by atoms with E-state index >= 15 is 0 Å². The van der Waals surface area contributed by atoms with E-state index in [-0.39, 0.29) is 5.82 Å². The van der Waals surface area contributed by atoms with Gasteiger partial charge in [0.2, 0.25) is 0 Å². The third-order valence-electron chi connectivity index (χ3n) is 4.62. The quantitative estimate of drug-likeness (QED) is 0.597. The summed E-state index contributed by atoms with van der Waals surface area (Å²) in [6.07, 6.45) is -2.69. The van der Waals surface area contributed by atoms with Gasteiger partial charge in [0.05, 0.1) is 28.9 Å². The molecule has 8 heteroatoms. The molecule has 144 valence electrons. The largest absolute Gasteiger partial charge is 0.331 e. The van der Waals surface area contributed by atoms with Gasteiger partial charge >= 0.3 is 0 Å². The molecule has 0 spiro atoms. The van der Waals surface area contributed by atoms with Crippen molar-refractivity contribution in [1.82, 2.24) is 14.5 Å². The number of nitrogens with zero attached hydrogens (tertiary/aromatic N) is 4. The van der Waals surface area contributed by atoms with E-state index in [4.69, 9.17) is 26.4 Å². The van der Waals surface area contributed by atoms with Crippen molar-refractivity contribution in [3.63, 3.8) is 0 Å². The van der Waals surface area contributed by atoms with Crippen LogP contribution in [0.2, 0.25) is 0 Å². The zero-order valence-electron chi connectivity index (χ0n) is 15.8. The van der Waals surface area contributed by atoms with Gasteiger partial charge in [-0.2, -0.15) is 5.10 Å². The van der Waals surface area contributed by atoms with Crippen LogP contribution in [0.3, 0.4) is 0 Å². The molecule has 1 aromatic heterocycles. The molecule has 0 aliphatic carbocycles. The lowest BCUT2D eigenvalue weighted by Crippen LogP contribution is -2.35. The number of hydrogen-bond acceptors (Lipinski definition) is 4. The molecule has 0 bridgehead atoms. The van der Waals surface area contributed by atoms with Crippen molar-refractivity contribution in [2.45, 2.75) is 13.8 Å². The van der Waals surface area contributed by atoms with Crippen molar-refractivity contribution in [2.75, 3.05) is 13.7 Å². The molecule has 1 aliphatic rings. The summed E-state index contributed by atoms with van der Waals surface area (Å²) in [5, 5.41) is 5.51. The Morgan fingerprint density at radius 1 is 1.11 bits per heavy atom. The molecular weight excluding hydrogens is 394 g/mol. The van der Waals surface area contributed by atoms with Crippen molar-refractivity contribution in [3.05, 3.63) is 71.7 Å². The molecule has 3 aromatic rings. The van der Waals surface area contributed by atoms with Crippen LogP contribution in [-0.4, -0.2) is 33.9 Å². The third-order valence-corrected chi connectivity index (χ3v) is 8.90. The van der Waals surface area contributed by atoms with Crippen LogP contribution in [0.5, 0.6) is 0 Å². The number of amidine groups is 1. The van der Waals surface area contributed by atoms with Gasteiger partial charge in [-0.1, -0.05) is 30.3 Å². The molecule has 5 nitrogen and oxygen atoms in total.